The van der Waals surface area contributed by atoms with Gasteiger partial charge >= 0.3 is 0 Å². The molecule has 0 atom stereocenters. The molecule has 0 saturated carbocycles. The molecule has 5 nitrogen and oxygen atoms in total. The third kappa shape index (κ3) is 2.50. The molecule has 2 rings (SSSR count). The third-order valence-corrected chi connectivity index (χ3v) is 4.93. The molecule has 0 radical (unpaired) electrons. The predicted octanol–water partition coefficient (Wildman–Crippen LogP) is 0.695. The van der Waals surface area contributed by atoms with Gasteiger partial charge in [-0.05, 0) is 19.5 Å². The van der Waals surface area contributed by atoms with Crippen molar-refractivity contribution in [1.82, 2.24) is 14.2 Å². The van der Waals surface area contributed by atoms with Gasteiger partial charge in [-0.3, -0.25) is 0 Å². The van der Waals surface area contributed by atoms with E-state index in [1.807, 2.05) is 30.8 Å². The molecule has 1 aliphatic heterocycles. The molecule has 0 aromatic carbocycles. The van der Waals surface area contributed by atoms with E-state index in [0.29, 0.717) is 24.5 Å². The summed E-state index contributed by atoms with van der Waals surface area (Å²) in [6.07, 6.45) is 6.39. The fourth-order valence-corrected chi connectivity index (χ4v) is 3.56. The van der Waals surface area contributed by atoms with Gasteiger partial charge in [0.05, 0.1) is 0 Å². The lowest BCUT2D eigenvalue weighted by Crippen LogP contribution is -2.33. The van der Waals surface area contributed by atoms with Gasteiger partial charge in [0.25, 0.3) is 0 Å². The summed E-state index contributed by atoms with van der Waals surface area (Å²) in [6.45, 7) is 1.69. The molecule has 2 heterocycles. The Labute approximate surface area is 108 Å². The highest BCUT2D eigenvalue weighted by Gasteiger charge is 2.25. The highest BCUT2D eigenvalue weighted by atomic mass is 32.2. The van der Waals surface area contributed by atoms with Gasteiger partial charge in [0, 0.05) is 38.6 Å². The quantitative estimate of drug-likeness (QED) is 0.819. The number of hydrogen-bond donors (Lipinski definition) is 1. The Morgan fingerprint density at radius 1 is 1.39 bits per heavy atom. The summed E-state index contributed by atoms with van der Waals surface area (Å²) in [4.78, 5) is 0.380. The molecule has 0 saturated heterocycles. The van der Waals surface area contributed by atoms with E-state index in [-0.39, 0.29) is 0 Å². The Hall–Kier alpha value is -1.11. The van der Waals surface area contributed by atoms with Crippen LogP contribution in [-0.4, -0.2) is 37.4 Å². The normalized spacial score (nSPS) is 17.2. The molecule has 0 fully saturated rings. The molecule has 0 amide bonds. The molecule has 0 aliphatic carbocycles. The molecular weight excluding hydrogens is 250 g/mol. The lowest BCUT2D eigenvalue weighted by molar-refractivity contribution is 0.437. The number of hydrogen-bond acceptors (Lipinski definition) is 3. The van der Waals surface area contributed by atoms with Crippen LogP contribution in [0.2, 0.25) is 0 Å². The van der Waals surface area contributed by atoms with Crippen LogP contribution in [0, 0.1) is 0 Å². The number of sulfonamides is 1. The third-order valence-electron chi connectivity index (χ3n) is 3.10. The number of nitrogens with zero attached hydrogens (tertiary/aromatic N) is 2. The monoisotopic (exact) mass is 269 g/mol. The lowest BCUT2D eigenvalue weighted by atomic mass is 10.3. The summed E-state index contributed by atoms with van der Waals surface area (Å²) in [7, 11) is 0.358. The average Bonchev–Trinajstić information content (AvgIpc) is 2.73. The predicted molar refractivity (Wildman–Crippen MR) is 70.7 cm³/mol. The topological polar surface area (TPSA) is 54.3 Å². The van der Waals surface area contributed by atoms with E-state index >= 15 is 0 Å². The van der Waals surface area contributed by atoms with Crippen molar-refractivity contribution in [2.24, 2.45) is 7.05 Å². The van der Waals surface area contributed by atoms with Gasteiger partial charge in [-0.1, -0.05) is 12.2 Å². The van der Waals surface area contributed by atoms with Crippen LogP contribution < -0.4 is 5.32 Å². The Morgan fingerprint density at radius 3 is 2.78 bits per heavy atom. The van der Waals surface area contributed by atoms with Crippen molar-refractivity contribution in [3.63, 3.8) is 0 Å². The lowest BCUT2D eigenvalue weighted by Gasteiger charge is -2.21. The summed E-state index contributed by atoms with van der Waals surface area (Å²) in [6, 6.07) is 1.74. The van der Waals surface area contributed by atoms with E-state index in [4.69, 9.17) is 0 Å². The van der Waals surface area contributed by atoms with Gasteiger partial charge in [0.1, 0.15) is 4.90 Å². The largest absolute Gasteiger partial charge is 0.352 e. The smallest absolute Gasteiger partial charge is 0.244 e. The zero-order valence-electron chi connectivity index (χ0n) is 10.8. The van der Waals surface area contributed by atoms with Gasteiger partial charge in [-0.25, -0.2) is 8.42 Å². The van der Waals surface area contributed by atoms with Gasteiger partial charge in [-0.15, -0.1) is 0 Å². The molecule has 1 N–H and O–H groups in total. The van der Waals surface area contributed by atoms with Gasteiger partial charge in [0.15, 0.2) is 0 Å². The van der Waals surface area contributed by atoms with Crippen LogP contribution in [0.1, 0.15) is 12.1 Å². The second-order valence-corrected chi connectivity index (χ2v) is 6.37. The van der Waals surface area contributed by atoms with Gasteiger partial charge in [-0.2, -0.15) is 4.31 Å². The fourth-order valence-electron chi connectivity index (χ4n) is 2.06. The summed E-state index contributed by atoms with van der Waals surface area (Å²) in [5.74, 6) is 0. The highest BCUT2D eigenvalue weighted by Crippen LogP contribution is 2.20. The SMILES string of the molecule is CNCc1cc(S(=O)(=O)N2CC=CCC2)cn1C. The molecule has 0 spiro atoms. The molecule has 6 heteroatoms. The molecule has 1 aliphatic rings. The summed E-state index contributed by atoms with van der Waals surface area (Å²) in [5, 5.41) is 3.03. The van der Waals surface area contributed by atoms with Crippen molar-refractivity contribution in [2.75, 3.05) is 20.1 Å². The maximum atomic E-state index is 12.4. The minimum atomic E-state index is -3.35. The molecule has 18 heavy (non-hydrogen) atoms. The average molecular weight is 269 g/mol. The fraction of sp³-hybridized carbons (Fsp3) is 0.500. The molecular formula is C12H19N3O2S. The van der Waals surface area contributed by atoms with E-state index in [0.717, 1.165) is 12.1 Å². The first kappa shape index (κ1) is 13.3. The van der Waals surface area contributed by atoms with E-state index in [9.17, 15) is 8.42 Å². The molecule has 0 bridgehead atoms. The Bertz CT molecular complexity index is 546. The Balaban J connectivity index is 2.29. The van der Waals surface area contributed by atoms with Crippen molar-refractivity contribution in [2.45, 2.75) is 17.9 Å². The summed E-state index contributed by atoms with van der Waals surface area (Å²) < 4.78 is 28.2. The van der Waals surface area contributed by atoms with Crippen molar-refractivity contribution in [3.05, 3.63) is 30.1 Å². The van der Waals surface area contributed by atoms with Crippen LogP contribution in [0.5, 0.6) is 0 Å². The van der Waals surface area contributed by atoms with Crippen LogP contribution in [0.25, 0.3) is 0 Å². The maximum Gasteiger partial charge on any atom is 0.244 e. The first-order chi connectivity index (χ1) is 8.55. The Morgan fingerprint density at radius 2 is 2.17 bits per heavy atom. The van der Waals surface area contributed by atoms with Gasteiger partial charge in [0.2, 0.25) is 10.0 Å². The van der Waals surface area contributed by atoms with E-state index in [1.54, 1.807) is 12.3 Å². The van der Waals surface area contributed by atoms with Crippen LogP contribution in [0.3, 0.4) is 0 Å². The second kappa shape index (κ2) is 5.26. The van der Waals surface area contributed by atoms with Gasteiger partial charge < -0.3 is 9.88 Å². The minimum Gasteiger partial charge on any atom is -0.352 e. The number of nitrogens with one attached hydrogen (secondary N) is 1. The zero-order valence-corrected chi connectivity index (χ0v) is 11.6. The van der Waals surface area contributed by atoms with Crippen molar-refractivity contribution >= 4 is 10.0 Å². The summed E-state index contributed by atoms with van der Waals surface area (Å²) >= 11 is 0. The highest BCUT2D eigenvalue weighted by molar-refractivity contribution is 7.89. The molecule has 1 aromatic rings. The first-order valence-corrected chi connectivity index (χ1v) is 7.44. The van der Waals surface area contributed by atoms with Crippen molar-refractivity contribution in [1.29, 1.82) is 0 Å². The van der Waals surface area contributed by atoms with Crippen molar-refractivity contribution in [3.8, 4) is 0 Å². The zero-order chi connectivity index (χ0) is 13.2. The van der Waals surface area contributed by atoms with Crippen molar-refractivity contribution < 1.29 is 8.42 Å². The Kier molecular flexibility index (Phi) is 3.89. The van der Waals surface area contributed by atoms with E-state index in [2.05, 4.69) is 5.32 Å². The molecule has 0 unspecified atom stereocenters. The first-order valence-electron chi connectivity index (χ1n) is 6.00. The number of aromatic nitrogens is 1. The van der Waals surface area contributed by atoms with Crippen LogP contribution in [0.4, 0.5) is 0 Å². The van der Waals surface area contributed by atoms with E-state index < -0.39 is 10.0 Å². The molecule has 1 aromatic heterocycles. The summed E-state index contributed by atoms with van der Waals surface area (Å²) in [5.41, 5.74) is 0.962. The maximum absolute atomic E-state index is 12.4. The van der Waals surface area contributed by atoms with Crippen LogP contribution in [0.15, 0.2) is 29.3 Å². The standard InChI is InChI=1S/C12H19N3O2S/c1-13-9-11-8-12(10-14(11)2)18(16,17)15-6-4-3-5-7-15/h3-4,8,10,13H,5-7,9H2,1-2H3. The number of aryl methyl sites for hydroxylation is 1. The minimum absolute atomic E-state index is 0.380. The van der Waals surface area contributed by atoms with Crippen LogP contribution >= 0.6 is 0 Å². The molecule has 100 valence electrons. The number of rotatable bonds is 4. The second-order valence-electron chi connectivity index (χ2n) is 4.43. The van der Waals surface area contributed by atoms with Crippen LogP contribution in [-0.2, 0) is 23.6 Å². The van der Waals surface area contributed by atoms with E-state index in [1.165, 1.54) is 4.31 Å².